The summed E-state index contributed by atoms with van der Waals surface area (Å²) in [6, 6.07) is 1.55. The number of nitrogens with zero attached hydrogens (tertiary/aromatic N) is 4. The van der Waals surface area contributed by atoms with Gasteiger partial charge in [-0.05, 0) is 25.5 Å². The van der Waals surface area contributed by atoms with Gasteiger partial charge in [-0.25, -0.2) is 9.18 Å². The normalized spacial score (nSPS) is 21.8. The largest absolute Gasteiger partial charge is 0.477 e. The smallest absolute Gasteiger partial charge is 0.341 e. The Morgan fingerprint density at radius 1 is 1.28 bits per heavy atom. The van der Waals surface area contributed by atoms with Crippen LogP contribution in [0.4, 0.5) is 10.1 Å². The van der Waals surface area contributed by atoms with Crippen molar-refractivity contribution >= 4 is 22.6 Å². The summed E-state index contributed by atoms with van der Waals surface area (Å²) >= 11 is 0. The molecule has 1 aromatic heterocycles. The molecule has 9 heteroatoms. The van der Waals surface area contributed by atoms with Gasteiger partial charge >= 0.3 is 5.97 Å². The van der Waals surface area contributed by atoms with Gasteiger partial charge in [-0.3, -0.25) is 19.4 Å². The highest BCUT2D eigenvalue weighted by molar-refractivity contribution is 5.97. The van der Waals surface area contributed by atoms with Crippen LogP contribution in [0.5, 0.6) is 5.75 Å². The van der Waals surface area contributed by atoms with Crippen LogP contribution in [0, 0.1) is 5.82 Å². The second kappa shape index (κ2) is 6.62. The highest BCUT2D eigenvalue weighted by Gasteiger charge is 2.34. The maximum absolute atomic E-state index is 15.3. The fourth-order valence-electron chi connectivity index (χ4n) is 4.83. The molecule has 1 N–H and O–H groups in total. The number of benzene rings is 1. The SMILES string of the molecule is CN1COc2c(N3CCN4CCCCC4C3)c(F)cc3c(=O)c(C(=O)O)cn1c23. The quantitative estimate of drug-likeness (QED) is 0.814. The monoisotopic (exact) mass is 402 g/mol. The summed E-state index contributed by atoms with van der Waals surface area (Å²) in [6.45, 7) is 3.48. The van der Waals surface area contributed by atoms with E-state index in [1.165, 1.54) is 19.0 Å². The van der Waals surface area contributed by atoms with Crippen LogP contribution < -0.4 is 20.1 Å². The Balaban J connectivity index is 1.68. The number of carboxylic acids is 1. The zero-order valence-electron chi connectivity index (χ0n) is 16.2. The number of halogens is 1. The Bertz CT molecular complexity index is 1070. The summed E-state index contributed by atoms with van der Waals surface area (Å²) < 4.78 is 22.8. The molecule has 8 nitrogen and oxygen atoms in total. The van der Waals surface area contributed by atoms with Crippen LogP contribution in [0.25, 0.3) is 10.9 Å². The second-order valence-corrected chi connectivity index (χ2v) is 8.02. The van der Waals surface area contributed by atoms with E-state index in [1.807, 2.05) is 4.90 Å². The third kappa shape index (κ3) is 2.75. The lowest BCUT2D eigenvalue weighted by Gasteiger charge is -2.45. The maximum atomic E-state index is 15.3. The van der Waals surface area contributed by atoms with Crippen molar-refractivity contribution in [3.05, 3.63) is 33.9 Å². The molecule has 2 aromatic rings. The average molecular weight is 402 g/mol. The van der Waals surface area contributed by atoms with Crippen LogP contribution in [-0.2, 0) is 0 Å². The van der Waals surface area contributed by atoms with Crippen molar-refractivity contribution in [1.29, 1.82) is 0 Å². The van der Waals surface area contributed by atoms with Crippen LogP contribution in [0.3, 0.4) is 0 Å². The van der Waals surface area contributed by atoms with Crippen molar-refractivity contribution in [2.45, 2.75) is 25.3 Å². The van der Waals surface area contributed by atoms with E-state index < -0.39 is 17.2 Å². The highest BCUT2D eigenvalue weighted by atomic mass is 19.1. The third-order valence-corrected chi connectivity index (χ3v) is 6.30. The zero-order chi connectivity index (χ0) is 20.3. The van der Waals surface area contributed by atoms with Gasteiger partial charge < -0.3 is 14.7 Å². The number of hydrogen-bond acceptors (Lipinski definition) is 6. The minimum atomic E-state index is -1.33. The number of aromatic carboxylic acids is 1. The lowest BCUT2D eigenvalue weighted by atomic mass is 9.98. The average Bonchev–Trinajstić information content (AvgIpc) is 2.71. The molecular formula is C20H23FN4O4. The van der Waals surface area contributed by atoms with Gasteiger partial charge in [-0.15, -0.1) is 0 Å². The first-order chi connectivity index (χ1) is 14.0. The number of ether oxygens (including phenoxy) is 1. The number of pyridine rings is 1. The molecule has 0 bridgehead atoms. The number of aromatic nitrogens is 1. The molecule has 2 fully saturated rings. The van der Waals surface area contributed by atoms with Gasteiger partial charge in [0.25, 0.3) is 0 Å². The number of anilines is 1. The molecule has 3 aliphatic rings. The van der Waals surface area contributed by atoms with Crippen LogP contribution in [0.1, 0.15) is 29.6 Å². The highest BCUT2D eigenvalue weighted by Crippen LogP contribution is 2.41. The molecule has 0 radical (unpaired) electrons. The van der Waals surface area contributed by atoms with Crippen LogP contribution in [0.2, 0.25) is 0 Å². The fourth-order valence-corrected chi connectivity index (χ4v) is 4.83. The van der Waals surface area contributed by atoms with Gasteiger partial charge in [0.2, 0.25) is 5.43 Å². The molecule has 0 amide bonds. The Hall–Kier alpha value is -2.81. The van der Waals surface area contributed by atoms with E-state index in [0.29, 0.717) is 36.1 Å². The zero-order valence-corrected chi connectivity index (χ0v) is 16.2. The molecule has 154 valence electrons. The van der Waals surface area contributed by atoms with Crippen molar-refractivity contribution in [3.63, 3.8) is 0 Å². The molecule has 0 spiro atoms. The number of fused-ring (bicyclic) bond motifs is 1. The minimum absolute atomic E-state index is 0.0176. The lowest BCUT2D eigenvalue weighted by Crippen LogP contribution is -2.55. The van der Waals surface area contributed by atoms with E-state index in [9.17, 15) is 14.7 Å². The summed E-state index contributed by atoms with van der Waals surface area (Å²) in [5, 5.41) is 11.1. The molecule has 2 saturated heterocycles. The lowest BCUT2D eigenvalue weighted by molar-refractivity contribution is 0.0694. The summed E-state index contributed by atoms with van der Waals surface area (Å²) in [7, 11) is 1.72. The Labute approximate surface area is 166 Å². The van der Waals surface area contributed by atoms with Gasteiger partial charge in [0.1, 0.15) is 16.8 Å². The van der Waals surface area contributed by atoms with Gasteiger partial charge in [-0.2, -0.15) is 0 Å². The van der Waals surface area contributed by atoms with Crippen molar-refractivity contribution in [3.8, 4) is 5.75 Å². The number of carbonyl (C=O) groups is 1. The second-order valence-electron chi connectivity index (χ2n) is 8.02. The van der Waals surface area contributed by atoms with Crippen molar-refractivity contribution < 1.29 is 19.0 Å². The Morgan fingerprint density at radius 2 is 2.10 bits per heavy atom. The van der Waals surface area contributed by atoms with Crippen molar-refractivity contribution in [2.75, 3.05) is 49.9 Å². The van der Waals surface area contributed by atoms with Crippen LogP contribution >= 0.6 is 0 Å². The predicted molar refractivity (Wildman–Crippen MR) is 106 cm³/mol. The van der Waals surface area contributed by atoms with Crippen molar-refractivity contribution in [1.82, 2.24) is 9.58 Å². The number of hydrogen-bond donors (Lipinski definition) is 1. The predicted octanol–water partition coefficient (Wildman–Crippen LogP) is 1.43. The third-order valence-electron chi connectivity index (χ3n) is 6.30. The van der Waals surface area contributed by atoms with Crippen LogP contribution in [-0.4, -0.2) is 66.7 Å². The molecule has 1 atom stereocenters. The van der Waals surface area contributed by atoms with E-state index in [2.05, 4.69) is 4.90 Å². The number of carboxylic acid groups (broad SMARTS) is 1. The van der Waals surface area contributed by atoms with E-state index in [0.717, 1.165) is 25.6 Å². The first-order valence-corrected chi connectivity index (χ1v) is 9.94. The van der Waals surface area contributed by atoms with E-state index in [-0.39, 0.29) is 17.7 Å². The van der Waals surface area contributed by atoms with Gasteiger partial charge in [0, 0.05) is 38.9 Å². The van der Waals surface area contributed by atoms with Gasteiger partial charge in [0.05, 0.1) is 5.39 Å². The molecule has 1 aromatic carbocycles. The molecule has 0 saturated carbocycles. The van der Waals surface area contributed by atoms with E-state index in [4.69, 9.17) is 4.74 Å². The molecule has 0 aliphatic carbocycles. The summed E-state index contributed by atoms with van der Waals surface area (Å²) in [5.74, 6) is -1.57. The van der Waals surface area contributed by atoms with E-state index >= 15 is 4.39 Å². The molecule has 29 heavy (non-hydrogen) atoms. The first kappa shape index (κ1) is 18.2. The molecule has 1 unspecified atom stereocenters. The molecule has 3 aliphatic heterocycles. The summed E-state index contributed by atoms with van der Waals surface area (Å²) in [5.41, 5.74) is -0.310. The molecule has 4 heterocycles. The Morgan fingerprint density at radius 3 is 2.90 bits per heavy atom. The Kier molecular flexibility index (Phi) is 4.16. The standard InChI is InChI=1S/C20H23FN4O4/c1-22-11-29-19-16-13(18(26)14(20(27)28)10-25(16)22)8-15(21)17(19)24-7-6-23-5-3-2-4-12(23)9-24/h8,10,12H,2-7,9,11H2,1H3,(H,27,28). The topological polar surface area (TPSA) is 78.2 Å². The molecular weight excluding hydrogens is 379 g/mol. The molecule has 5 rings (SSSR count). The number of piperidine rings is 1. The summed E-state index contributed by atoms with van der Waals surface area (Å²) in [6.07, 6.45) is 4.78. The van der Waals surface area contributed by atoms with Crippen molar-refractivity contribution in [2.24, 2.45) is 0 Å². The van der Waals surface area contributed by atoms with Gasteiger partial charge in [0.15, 0.2) is 18.3 Å². The van der Waals surface area contributed by atoms with E-state index in [1.54, 1.807) is 16.7 Å². The first-order valence-electron chi connectivity index (χ1n) is 9.94. The summed E-state index contributed by atoms with van der Waals surface area (Å²) in [4.78, 5) is 28.7. The number of rotatable bonds is 2. The maximum Gasteiger partial charge on any atom is 0.341 e. The van der Waals surface area contributed by atoms with Crippen LogP contribution in [0.15, 0.2) is 17.1 Å². The number of piperazine rings is 1. The minimum Gasteiger partial charge on any atom is -0.477 e. The fraction of sp³-hybridized carbons (Fsp3) is 0.500. The van der Waals surface area contributed by atoms with Gasteiger partial charge in [-0.1, -0.05) is 6.42 Å².